The van der Waals surface area contributed by atoms with Gasteiger partial charge in [0.1, 0.15) is 0 Å². The van der Waals surface area contributed by atoms with E-state index < -0.39 is 0 Å². The summed E-state index contributed by atoms with van der Waals surface area (Å²) in [5.74, 6) is 0.0263. The zero-order chi connectivity index (χ0) is 17.8. The number of carbonyl (C=O) groups excluding carboxylic acids is 2. The van der Waals surface area contributed by atoms with Crippen LogP contribution in [0.15, 0.2) is 42.5 Å². The van der Waals surface area contributed by atoms with Gasteiger partial charge in [0.2, 0.25) is 5.91 Å². The van der Waals surface area contributed by atoms with Crippen LogP contribution in [-0.2, 0) is 9.59 Å². The number of amides is 2. The zero-order valence-electron chi connectivity index (χ0n) is 13.3. The molecule has 0 aromatic heterocycles. The number of benzene rings is 2. The number of hydrogen-bond acceptors (Lipinski definition) is 3. The fraction of sp³-hybridized carbons (Fsp3) is 0.222. The highest BCUT2D eigenvalue weighted by molar-refractivity contribution is 6.37. The molecule has 1 saturated heterocycles. The number of para-hydroxylation sites is 1. The quantitative estimate of drug-likeness (QED) is 0.850. The molecule has 1 N–H and O–H groups in total. The molecule has 1 aliphatic rings. The zero-order valence-corrected chi connectivity index (χ0v) is 14.8. The standard InChI is InChI=1S/C18H16Cl2N2O3/c19-14-6-2-7-15(20)18(14)25-11-16(23)21-12-4-1-5-13(10-12)22-9-3-8-17(22)24/h1-2,4-7,10H,3,8-9,11H2,(H,21,23). The highest BCUT2D eigenvalue weighted by atomic mass is 35.5. The Bertz CT molecular complexity index is 790. The van der Waals surface area contributed by atoms with Crippen LogP contribution in [0.4, 0.5) is 11.4 Å². The van der Waals surface area contributed by atoms with Gasteiger partial charge < -0.3 is 15.0 Å². The summed E-state index contributed by atoms with van der Waals surface area (Å²) in [4.78, 5) is 25.6. The van der Waals surface area contributed by atoms with E-state index in [1.165, 1.54) is 0 Å². The Morgan fingerprint density at radius 3 is 2.56 bits per heavy atom. The van der Waals surface area contributed by atoms with E-state index in [0.717, 1.165) is 12.1 Å². The van der Waals surface area contributed by atoms with Gasteiger partial charge in [-0.3, -0.25) is 9.59 Å². The van der Waals surface area contributed by atoms with Crippen LogP contribution in [0, 0.1) is 0 Å². The first kappa shape index (κ1) is 17.6. The minimum atomic E-state index is -0.346. The lowest BCUT2D eigenvalue weighted by Crippen LogP contribution is -2.24. The van der Waals surface area contributed by atoms with Crippen molar-refractivity contribution in [3.8, 4) is 5.75 Å². The van der Waals surface area contributed by atoms with Crippen molar-refractivity contribution in [2.75, 3.05) is 23.4 Å². The molecule has 0 radical (unpaired) electrons. The molecular weight excluding hydrogens is 363 g/mol. The smallest absolute Gasteiger partial charge is 0.262 e. The van der Waals surface area contributed by atoms with E-state index >= 15 is 0 Å². The van der Waals surface area contributed by atoms with Crippen LogP contribution in [0.3, 0.4) is 0 Å². The molecular formula is C18H16Cl2N2O3. The molecule has 7 heteroatoms. The Balaban J connectivity index is 1.62. The van der Waals surface area contributed by atoms with Crippen molar-refractivity contribution in [3.63, 3.8) is 0 Å². The molecule has 130 valence electrons. The second-order valence-electron chi connectivity index (χ2n) is 5.59. The molecule has 0 atom stereocenters. The van der Waals surface area contributed by atoms with E-state index in [1.54, 1.807) is 41.3 Å². The summed E-state index contributed by atoms with van der Waals surface area (Å²) in [5, 5.41) is 3.43. The minimum absolute atomic E-state index is 0.0974. The lowest BCUT2D eigenvalue weighted by Gasteiger charge is -2.17. The first-order chi connectivity index (χ1) is 12.0. The van der Waals surface area contributed by atoms with Gasteiger partial charge in [-0.05, 0) is 36.8 Å². The molecule has 25 heavy (non-hydrogen) atoms. The van der Waals surface area contributed by atoms with Crippen LogP contribution in [0.2, 0.25) is 10.0 Å². The molecule has 0 aliphatic carbocycles. The van der Waals surface area contributed by atoms with E-state index in [2.05, 4.69) is 5.32 Å². The van der Waals surface area contributed by atoms with E-state index in [0.29, 0.717) is 28.7 Å². The molecule has 0 bridgehead atoms. The highest BCUT2D eigenvalue weighted by Gasteiger charge is 2.21. The second-order valence-corrected chi connectivity index (χ2v) is 6.40. The lowest BCUT2D eigenvalue weighted by molar-refractivity contribution is -0.118. The van der Waals surface area contributed by atoms with Crippen molar-refractivity contribution in [2.45, 2.75) is 12.8 Å². The van der Waals surface area contributed by atoms with Crippen molar-refractivity contribution >= 4 is 46.4 Å². The predicted molar refractivity (Wildman–Crippen MR) is 98.6 cm³/mol. The number of carbonyl (C=O) groups is 2. The molecule has 1 aliphatic heterocycles. The van der Waals surface area contributed by atoms with Gasteiger partial charge in [-0.2, -0.15) is 0 Å². The molecule has 3 rings (SSSR count). The molecule has 1 heterocycles. The van der Waals surface area contributed by atoms with Crippen molar-refractivity contribution in [2.24, 2.45) is 0 Å². The van der Waals surface area contributed by atoms with Gasteiger partial charge in [-0.1, -0.05) is 35.3 Å². The van der Waals surface area contributed by atoms with Crippen LogP contribution in [-0.4, -0.2) is 25.0 Å². The number of halogens is 2. The van der Waals surface area contributed by atoms with Crippen molar-refractivity contribution < 1.29 is 14.3 Å². The SMILES string of the molecule is O=C(COc1c(Cl)cccc1Cl)Nc1cccc(N2CCCC2=O)c1. The predicted octanol–water partition coefficient (Wildman–Crippen LogP) is 4.14. The maximum Gasteiger partial charge on any atom is 0.262 e. The molecule has 5 nitrogen and oxygen atoms in total. The monoisotopic (exact) mass is 378 g/mol. The van der Waals surface area contributed by atoms with Crippen LogP contribution < -0.4 is 15.0 Å². The van der Waals surface area contributed by atoms with Gasteiger partial charge in [0, 0.05) is 24.3 Å². The number of hydrogen-bond donors (Lipinski definition) is 1. The normalized spacial score (nSPS) is 13.8. The summed E-state index contributed by atoms with van der Waals surface area (Å²) < 4.78 is 5.41. The molecule has 0 spiro atoms. The second kappa shape index (κ2) is 7.76. The van der Waals surface area contributed by atoms with Gasteiger partial charge in [-0.15, -0.1) is 0 Å². The first-order valence-corrected chi connectivity index (χ1v) is 8.57. The number of nitrogens with one attached hydrogen (secondary N) is 1. The van der Waals surface area contributed by atoms with Crippen molar-refractivity contribution in [1.82, 2.24) is 0 Å². The largest absolute Gasteiger partial charge is 0.481 e. The Morgan fingerprint density at radius 1 is 1.16 bits per heavy atom. The summed E-state index contributed by atoms with van der Waals surface area (Å²) in [7, 11) is 0. The maximum atomic E-state index is 12.1. The highest BCUT2D eigenvalue weighted by Crippen LogP contribution is 2.32. The third-order valence-corrected chi connectivity index (χ3v) is 4.38. The Labute approximate surface area is 155 Å². The van der Waals surface area contributed by atoms with Gasteiger partial charge in [-0.25, -0.2) is 0 Å². The molecule has 1 fully saturated rings. The fourth-order valence-electron chi connectivity index (χ4n) is 2.63. The molecule has 0 saturated carbocycles. The number of anilines is 2. The number of rotatable bonds is 5. The molecule has 0 unspecified atom stereocenters. The molecule has 2 aromatic carbocycles. The summed E-state index contributed by atoms with van der Waals surface area (Å²) in [6.07, 6.45) is 1.41. The average Bonchev–Trinajstić information content (AvgIpc) is 3.01. The fourth-order valence-corrected chi connectivity index (χ4v) is 3.13. The molecule has 2 aromatic rings. The van der Waals surface area contributed by atoms with E-state index in [-0.39, 0.29) is 24.2 Å². The Morgan fingerprint density at radius 2 is 1.88 bits per heavy atom. The summed E-state index contributed by atoms with van der Waals surface area (Å²) in [6.45, 7) is 0.473. The van der Waals surface area contributed by atoms with Crippen LogP contribution in [0.5, 0.6) is 5.75 Å². The summed E-state index contributed by atoms with van der Waals surface area (Å²) in [5.41, 5.74) is 1.37. The van der Waals surface area contributed by atoms with Gasteiger partial charge in [0.25, 0.3) is 5.91 Å². The maximum absolute atomic E-state index is 12.1. The Hall–Kier alpha value is -2.24. The van der Waals surface area contributed by atoms with Crippen LogP contribution in [0.25, 0.3) is 0 Å². The van der Waals surface area contributed by atoms with Gasteiger partial charge in [0.15, 0.2) is 12.4 Å². The molecule has 2 amide bonds. The summed E-state index contributed by atoms with van der Waals surface area (Å²) in [6, 6.07) is 12.1. The summed E-state index contributed by atoms with van der Waals surface area (Å²) >= 11 is 12.0. The number of nitrogens with zero attached hydrogens (tertiary/aromatic N) is 1. The topological polar surface area (TPSA) is 58.6 Å². The van der Waals surface area contributed by atoms with E-state index in [4.69, 9.17) is 27.9 Å². The van der Waals surface area contributed by atoms with Gasteiger partial charge in [0.05, 0.1) is 10.0 Å². The van der Waals surface area contributed by atoms with Crippen molar-refractivity contribution in [3.05, 3.63) is 52.5 Å². The van der Waals surface area contributed by atoms with Crippen molar-refractivity contribution in [1.29, 1.82) is 0 Å². The van der Waals surface area contributed by atoms with Crippen LogP contribution in [0.1, 0.15) is 12.8 Å². The third kappa shape index (κ3) is 4.24. The third-order valence-electron chi connectivity index (χ3n) is 3.78. The van der Waals surface area contributed by atoms with E-state index in [9.17, 15) is 9.59 Å². The lowest BCUT2D eigenvalue weighted by atomic mass is 10.2. The number of ether oxygens (including phenoxy) is 1. The first-order valence-electron chi connectivity index (χ1n) is 7.81. The Kier molecular flexibility index (Phi) is 5.46. The average molecular weight is 379 g/mol. The van der Waals surface area contributed by atoms with Gasteiger partial charge >= 0.3 is 0 Å². The van der Waals surface area contributed by atoms with E-state index in [1.807, 2.05) is 6.07 Å². The van der Waals surface area contributed by atoms with Crippen LogP contribution >= 0.6 is 23.2 Å². The minimum Gasteiger partial charge on any atom is -0.481 e.